The van der Waals surface area contributed by atoms with Gasteiger partial charge in [0.25, 0.3) is 10.0 Å². The summed E-state index contributed by atoms with van der Waals surface area (Å²) in [6, 6.07) is 11.1. The first kappa shape index (κ1) is 17.7. The molecule has 0 N–H and O–H groups in total. The highest BCUT2D eigenvalue weighted by Gasteiger charge is 2.32. The molecule has 2 aromatic rings. The van der Waals surface area contributed by atoms with Crippen molar-refractivity contribution in [2.45, 2.75) is 10.3 Å². The number of morpholine rings is 1. The number of thiophene rings is 1. The molecule has 1 aliphatic heterocycles. The zero-order valence-electron chi connectivity index (χ0n) is 13.5. The standard InChI is InChI=1S/C16H19ClN2O3S2/c1-18(2)13-5-3-12(4-6-13)14-11-19(9-10-22-14)24(20,21)16-8-7-15(17)23-16/h3-8,14H,9-11H2,1-2H3. The van der Waals surface area contributed by atoms with Gasteiger partial charge in [0.1, 0.15) is 4.21 Å². The van der Waals surface area contributed by atoms with Gasteiger partial charge in [0.05, 0.1) is 17.0 Å². The number of halogens is 1. The van der Waals surface area contributed by atoms with E-state index in [1.54, 1.807) is 12.1 Å². The Morgan fingerprint density at radius 2 is 1.92 bits per heavy atom. The number of sulfonamides is 1. The molecule has 1 aliphatic rings. The summed E-state index contributed by atoms with van der Waals surface area (Å²) in [7, 11) is 0.433. The molecule has 1 saturated heterocycles. The van der Waals surface area contributed by atoms with Crippen LogP contribution in [0.25, 0.3) is 0 Å². The second kappa shape index (κ2) is 7.01. The molecular weight excluding hydrogens is 368 g/mol. The van der Waals surface area contributed by atoms with E-state index >= 15 is 0 Å². The van der Waals surface area contributed by atoms with E-state index in [0.29, 0.717) is 24.0 Å². The van der Waals surface area contributed by atoms with Crippen molar-refractivity contribution in [3.63, 3.8) is 0 Å². The Morgan fingerprint density at radius 1 is 1.21 bits per heavy atom. The second-order valence-electron chi connectivity index (χ2n) is 5.77. The van der Waals surface area contributed by atoms with Gasteiger partial charge in [-0.2, -0.15) is 4.31 Å². The van der Waals surface area contributed by atoms with Crippen molar-refractivity contribution in [3.8, 4) is 0 Å². The molecule has 2 heterocycles. The Kier molecular flexibility index (Phi) is 5.17. The van der Waals surface area contributed by atoms with Crippen LogP contribution >= 0.6 is 22.9 Å². The second-order valence-corrected chi connectivity index (χ2v) is 9.65. The Morgan fingerprint density at radius 3 is 2.50 bits per heavy atom. The lowest BCUT2D eigenvalue weighted by atomic mass is 10.1. The number of benzene rings is 1. The highest BCUT2D eigenvalue weighted by molar-refractivity contribution is 7.91. The minimum atomic E-state index is -3.52. The van der Waals surface area contributed by atoms with Gasteiger partial charge in [0.15, 0.2) is 0 Å². The lowest BCUT2D eigenvalue weighted by Crippen LogP contribution is -2.41. The molecule has 1 fully saturated rings. The molecule has 1 aromatic carbocycles. The van der Waals surface area contributed by atoms with Crippen molar-refractivity contribution in [1.82, 2.24) is 4.31 Å². The Hall–Kier alpha value is -1.12. The van der Waals surface area contributed by atoms with Gasteiger partial charge in [-0.1, -0.05) is 23.7 Å². The van der Waals surface area contributed by atoms with Crippen LogP contribution in [-0.4, -0.2) is 46.5 Å². The van der Waals surface area contributed by atoms with Crippen molar-refractivity contribution < 1.29 is 13.2 Å². The molecule has 24 heavy (non-hydrogen) atoms. The minimum Gasteiger partial charge on any atom is -0.378 e. The number of hydrogen-bond donors (Lipinski definition) is 0. The van der Waals surface area contributed by atoms with Crippen LogP contribution < -0.4 is 4.90 Å². The normalized spacial score (nSPS) is 19.4. The summed E-state index contributed by atoms with van der Waals surface area (Å²) in [6.07, 6.45) is -0.264. The smallest absolute Gasteiger partial charge is 0.252 e. The number of hydrogen-bond acceptors (Lipinski definition) is 5. The maximum atomic E-state index is 12.7. The largest absolute Gasteiger partial charge is 0.378 e. The fourth-order valence-corrected chi connectivity index (χ4v) is 5.66. The van der Waals surface area contributed by atoms with Crippen LogP contribution in [0.5, 0.6) is 0 Å². The predicted octanol–water partition coefficient (Wildman–Crippen LogP) is 3.23. The van der Waals surface area contributed by atoms with E-state index in [-0.39, 0.29) is 10.3 Å². The van der Waals surface area contributed by atoms with Crippen molar-refractivity contribution >= 4 is 38.6 Å². The molecule has 0 spiro atoms. The molecule has 5 nitrogen and oxygen atoms in total. The molecular formula is C16H19ClN2O3S2. The molecule has 0 bridgehead atoms. The van der Waals surface area contributed by atoms with Crippen LogP contribution in [0.4, 0.5) is 5.69 Å². The van der Waals surface area contributed by atoms with E-state index in [4.69, 9.17) is 16.3 Å². The number of anilines is 1. The topological polar surface area (TPSA) is 49.9 Å². The zero-order chi connectivity index (χ0) is 17.3. The summed E-state index contributed by atoms with van der Waals surface area (Å²) in [4.78, 5) is 2.02. The number of nitrogens with zero attached hydrogens (tertiary/aromatic N) is 2. The third-order valence-electron chi connectivity index (χ3n) is 3.95. The van der Waals surface area contributed by atoms with Crippen molar-refractivity contribution in [2.24, 2.45) is 0 Å². The van der Waals surface area contributed by atoms with E-state index < -0.39 is 10.0 Å². The van der Waals surface area contributed by atoms with Gasteiger partial charge in [0.2, 0.25) is 0 Å². The zero-order valence-corrected chi connectivity index (χ0v) is 15.9. The molecule has 3 rings (SSSR count). The first-order chi connectivity index (χ1) is 11.4. The van der Waals surface area contributed by atoms with Crippen LogP contribution in [0.2, 0.25) is 4.34 Å². The SMILES string of the molecule is CN(C)c1ccc(C2CN(S(=O)(=O)c3ccc(Cl)s3)CCO2)cc1. The summed E-state index contributed by atoms with van der Waals surface area (Å²) < 4.78 is 33.5. The number of rotatable bonds is 4. The van der Waals surface area contributed by atoms with E-state index in [1.165, 1.54) is 4.31 Å². The van der Waals surface area contributed by atoms with Gasteiger partial charge in [-0.15, -0.1) is 11.3 Å². The van der Waals surface area contributed by atoms with Crippen LogP contribution in [0, 0.1) is 0 Å². The quantitative estimate of drug-likeness (QED) is 0.809. The van der Waals surface area contributed by atoms with E-state index in [0.717, 1.165) is 22.6 Å². The summed E-state index contributed by atoms with van der Waals surface area (Å²) in [5.41, 5.74) is 2.07. The first-order valence-corrected chi connectivity index (χ1v) is 10.2. The first-order valence-electron chi connectivity index (χ1n) is 7.52. The van der Waals surface area contributed by atoms with E-state index in [9.17, 15) is 8.42 Å². The van der Waals surface area contributed by atoms with Gasteiger partial charge in [-0.25, -0.2) is 8.42 Å². The van der Waals surface area contributed by atoms with Gasteiger partial charge in [-0.3, -0.25) is 0 Å². The predicted molar refractivity (Wildman–Crippen MR) is 97.5 cm³/mol. The highest BCUT2D eigenvalue weighted by Crippen LogP contribution is 2.31. The van der Waals surface area contributed by atoms with Gasteiger partial charge in [-0.05, 0) is 29.8 Å². The van der Waals surface area contributed by atoms with E-state index in [2.05, 4.69) is 0 Å². The molecule has 1 atom stereocenters. The molecule has 0 amide bonds. The molecule has 130 valence electrons. The molecule has 0 radical (unpaired) electrons. The summed E-state index contributed by atoms with van der Waals surface area (Å²) >= 11 is 6.96. The van der Waals surface area contributed by atoms with E-state index in [1.807, 2.05) is 43.3 Å². The van der Waals surface area contributed by atoms with Crippen LogP contribution in [-0.2, 0) is 14.8 Å². The lowest BCUT2D eigenvalue weighted by Gasteiger charge is -2.32. The van der Waals surface area contributed by atoms with Crippen LogP contribution in [0.15, 0.2) is 40.6 Å². The van der Waals surface area contributed by atoms with Gasteiger partial charge in [0, 0.05) is 32.9 Å². The van der Waals surface area contributed by atoms with Gasteiger partial charge >= 0.3 is 0 Å². The Labute approximate surface area is 151 Å². The third-order valence-corrected chi connectivity index (χ3v) is 7.52. The lowest BCUT2D eigenvalue weighted by molar-refractivity contribution is -0.00249. The average Bonchev–Trinajstić information content (AvgIpc) is 3.02. The molecule has 1 aromatic heterocycles. The maximum absolute atomic E-state index is 12.7. The minimum absolute atomic E-state index is 0.264. The van der Waals surface area contributed by atoms with Crippen LogP contribution in [0.3, 0.4) is 0 Å². The summed E-state index contributed by atoms with van der Waals surface area (Å²) in [5, 5.41) is 0. The highest BCUT2D eigenvalue weighted by atomic mass is 35.5. The molecule has 0 aliphatic carbocycles. The average molecular weight is 387 g/mol. The molecule has 1 unspecified atom stereocenters. The fraction of sp³-hybridized carbons (Fsp3) is 0.375. The molecule has 0 saturated carbocycles. The molecule has 8 heteroatoms. The fourth-order valence-electron chi connectivity index (χ4n) is 2.60. The van der Waals surface area contributed by atoms with Crippen molar-refractivity contribution in [3.05, 3.63) is 46.3 Å². The van der Waals surface area contributed by atoms with Crippen molar-refractivity contribution in [2.75, 3.05) is 38.7 Å². The monoisotopic (exact) mass is 386 g/mol. The third kappa shape index (κ3) is 3.60. The Balaban J connectivity index is 1.79. The summed E-state index contributed by atoms with van der Waals surface area (Å²) in [5.74, 6) is 0. The van der Waals surface area contributed by atoms with Crippen LogP contribution in [0.1, 0.15) is 11.7 Å². The van der Waals surface area contributed by atoms with Crippen molar-refractivity contribution in [1.29, 1.82) is 0 Å². The summed E-state index contributed by atoms with van der Waals surface area (Å²) in [6.45, 7) is 1.03. The maximum Gasteiger partial charge on any atom is 0.252 e. The Bertz CT molecular complexity index is 803. The number of ether oxygens (including phenoxy) is 1. The van der Waals surface area contributed by atoms with Gasteiger partial charge < -0.3 is 9.64 Å².